The topological polar surface area (TPSA) is 73.0 Å². The van der Waals surface area contributed by atoms with E-state index in [1.165, 1.54) is 17.3 Å². The van der Waals surface area contributed by atoms with Crippen LogP contribution in [0.25, 0.3) is 11.4 Å². The van der Waals surface area contributed by atoms with Crippen LogP contribution in [0, 0.1) is 0 Å². The normalized spacial score (nSPS) is 11.5. The largest absolute Gasteiger partial charge is 0.467 e. The number of nitrogens with zero attached hydrogens (tertiary/aromatic N) is 3. The highest BCUT2D eigenvalue weighted by Gasteiger charge is 2.19. The number of amides is 1. The molecule has 4 aromatic rings. The minimum Gasteiger partial charge on any atom is -0.467 e. The third-order valence-electron chi connectivity index (χ3n) is 5.33. The van der Waals surface area contributed by atoms with Gasteiger partial charge in [0.25, 0.3) is 0 Å². The van der Waals surface area contributed by atoms with E-state index in [1.54, 1.807) is 18.0 Å². The molecule has 4 rings (SSSR count). The Morgan fingerprint density at radius 2 is 1.79 bits per heavy atom. The van der Waals surface area contributed by atoms with Crippen LogP contribution in [0.5, 0.6) is 0 Å². The zero-order valence-corrected chi connectivity index (χ0v) is 21.4. The summed E-state index contributed by atoms with van der Waals surface area (Å²) >= 11 is 2.96. The summed E-state index contributed by atoms with van der Waals surface area (Å²) in [5.74, 6) is 1.68. The van der Waals surface area contributed by atoms with Crippen molar-refractivity contribution in [3.8, 4) is 11.4 Å². The summed E-state index contributed by atoms with van der Waals surface area (Å²) < 4.78 is 7.58. The summed E-state index contributed by atoms with van der Waals surface area (Å²) in [6.45, 7) is 7.06. The van der Waals surface area contributed by atoms with E-state index >= 15 is 0 Å². The van der Waals surface area contributed by atoms with E-state index in [9.17, 15) is 4.79 Å². The Bertz CT molecular complexity index is 1240. The Balaban J connectivity index is 1.55. The maximum Gasteiger partial charge on any atom is 0.234 e. The molecule has 8 heteroatoms. The Morgan fingerprint density at radius 1 is 1.03 bits per heavy atom. The van der Waals surface area contributed by atoms with Crippen LogP contribution in [0.15, 0.2) is 81.4 Å². The quantitative estimate of drug-likeness (QED) is 0.290. The first-order valence-corrected chi connectivity index (χ1v) is 13.2. The molecule has 0 aliphatic carbocycles. The van der Waals surface area contributed by atoms with Gasteiger partial charge >= 0.3 is 0 Å². The molecule has 0 atom stereocenters. The standard InChI is InChI=1S/C26H28N4O2S2/c1-26(2,3)19-13-11-18(12-14-19)24-28-29-25(30(24)16-20-8-7-15-32-20)34-17-23(31)27-21-9-5-6-10-22(21)33-4/h5-15H,16-17H2,1-4H3,(H,27,31). The Morgan fingerprint density at radius 3 is 2.47 bits per heavy atom. The molecule has 1 amide bonds. The minimum atomic E-state index is -0.0878. The average Bonchev–Trinajstić information content (AvgIpc) is 3.48. The van der Waals surface area contributed by atoms with Crippen LogP contribution in [-0.4, -0.2) is 32.7 Å². The maximum atomic E-state index is 12.7. The van der Waals surface area contributed by atoms with Crippen LogP contribution >= 0.6 is 23.5 Å². The van der Waals surface area contributed by atoms with Crippen molar-refractivity contribution in [2.45, 2.75) is 42.8 Å². The minimum absolute atomic E-state index is 0.0731. The predicted octanol–water partition coefficient (Wildman–Crippen LogP) is 6.34. The zero-order valence-electron chi connectivity index (χ0n) is 19.7. The Kier molecular flexibility index (Phi) is 7.48. The van der Waals surface area contributed by atoms with E-state index in [1.807, 2.05) is 47.2 Å². The lowest BCUT2D eigenvalue weighted by Crippen LogP contribution is -2.15. The van der Waals surface area contributed by atoms with E-state index in [0.717, 1.165) is 27.7 Å². The second-order valence-electron chi connectivity index (χ2n) is 8.84. The average molecular weight is 493 g/mol. The second kappa shape index (κ2) is 10.5. The first-order chi connectivity index (χ1) is 16.3. The molecule has 0 saturated heterocycles. The van der Waals surface area contributed by atoms with Gasteiger partial charge in [-0.25, -0.2) is 0 Å². The van der Waals surface area contributed by atoms with E-state index in [0.29, 0.717) is 11.7 Å². The highest BCUT2D eigenvalue weighted by Crippen LogP contribution is 2.29. The fourth-order valence-corrected chi connectivity index (χ4v) is 4.78. The summed E-state index contributed by atoms with van der Waals surface area (Å²) in [6, 6.07) is 20.0. The van der Waals surface area contributed by atoms with Gasteiger partial charge in [-0.1, -0.05) is 68.9 Å². The van der Waals surface area contributed by atoms with Gasteiger partial charge in [0.1, 0.15) is 5.76 Å². The Labute approximate surface area is 208 Å². The van der Waals surface area contributed by atoms with Gasteiger partial charge in [-0.15, -0.1) is 22.0 Å². The number of benzene rings is 2. The second-order valence-corrected chi connectivity index (χ2v) is 10.6. The van der Waals surface area contributed by atoms with Gasteiger partial charge in [-0.05, 0) is 41.5 Å². The van der Waals surface area contributed by atoms with Crippen molar-refractivity contribution in [2.24, 2.45) is 0 Å². The van der Waals surface area contributed by atoms with E-state index < -0.39 is 0 Å². The number of furan rings is 1. The van der Waals surface area contributed by atoms with Gasteiger partial charge in [0.05, 0.1) is 24.2 Å². The van der Waals surface area contributed by atoms with Crippen molar-refractivity contribution >= 4 is 35.1 Å². The molecule has 0 aliphatic heterocycles. The third-order valence-corrected chi connectivity index (χ3v) is 7.10. The molecule has 0 aliphatic rings. The van der Waals surface area contributed by atoms with Gasteiger partial charge in [0.2, 0.25) is 5.91 Å². The summed E-state index contributed by atoms with van der Waals surface area (Å²) in [5, 5.41) is 12.5. The first-order valence-electron chi connectivity index (χ1n) is 11.0. The van der Waals surface area contributed by atoms with Crippen LogP contribution in [-0.2, 0) is 16.8 Å². The number of hydrogen-bond donors (Lipinski definition) is 1. The molecule has 2 aromatic carbocycles. The highest BCUT2D eigenvalue weighted by molar-refractivity contribution is 7.99. The molecular weight excluding hydrogens is 464 g/mol. The van der Waals surface area contributed by atoms with Crippen molar-refractivity contribution in [3.63, 3.8) is 0 Å². The van der Waals surface area contributed by atoms with Crippen LogP contribution in [0.1, 0.15) is 32.1 Å². The molecule has 2 heterocycles. The van der Waals surface area contributed by atoms with E-state index in [4.69, 9.17) is 4.42 Å². The summed E-state index contributed by atoms with van der Waals surface area (Å²) in [7, 11) is 0. The van der Waals surface area contributed by atoms with Crippen molar-refractivity contribution in [1.82, 2.24) is 14.8 Å². The highest BCUT2D eigenvalue weighted by atomic mass is 32.2. The number of nitrogens with one attached hydrogen (secondary N) is 1. The molecule has 0 spiro atoms. The third kappa shape index (κ3) is 5.74. The summed E-state index contributed by atoms with van der Waals surface area (Å²) in [4.78, 5) is 13.7. The van der Waals surface area contributed by atoms with Crippen molar-refractivity contribution in [2.75, 3.05) is 17.3 Å². The lowest BCUT2D eigenvalue weighted by Gasteiger charge is -2.19. The van der Waals surface area contributed by atoms with Gasteiger partial charge in [0.15, 0.2) is 11.0 Å². The Hall–Kier alpha value is -2.97. The molecule has 1 N–H and O–H groups in total. The number of carbonyl (C=O) groups excluding carboxylic acids is 1. The van der Waals surface area contributed by atoms with Gasteiger partial charge in [0, 0.05) is 10.5 Å². The van der Waals surface area contributed by atoms with Gasteiger partial charge < -0.3 is 9.73 Å². The lowest BCUT2D eigenvalue weighted by molar-refractivity contribution is -0.113. The van der Waals surface area contributed by atoms with Crippen LogP contribution in [0.3, 0.4) is 0 Å². The fourth-order valence-electron chi connectivity index (χ4n) is 3.49. The monoisotopic (exact) mass is 492 g/mol. The van der Waals surface area contributed by atoms with Crippen LogP contribution in [0.4, 0.5) is 5.69 Å². The van der Waals surface area contributed by atoms with Crippen LogP contribution < -0.4 is 5.32 Å². The fraction of sp³-hybridized carbons (Fsp3) is 0.269. The molecule has 0 fully saturated rings. The molecule has 34 heavy (non-hydrogen) atoms. The van der Waals surface area contributed by atoms with E-state index in [-0.39, 0.29) is 17.1 Å². The van der Waals surface area contributed by atoms with Gasteiger partial charge in [-0.2, -0.15) is 0 Å². The number of carbonyl (C=O) groups is 1. The zero-order chi connectivity index (χ0) is 24.1. The number of thioether (sulfide) groups is 2. The molecule has 6 nitrogen and oxygen atoms in total. The number of anilines is 1. The maximum absolute atomic E-state index is 12.7. The summed E-state index contributed by atoms with van der Waals surface area (Å²) in [6.07, 6.45) is 3.65. The van der Waals surface area contributed by atoms with Crippen molar-refractivity contribution < 1.29 is 9.21 Å². The molecule has 2 aromatic heterocycles. The van der Waals surface area contributed by atoms with Gasteiger partial charge in [-0.3, -0.25) is 9.36 Å². The molecule has 0 bridgehead atoms. The van der Waals surface area contributed by atoms with Crippen LogP contribution in [0.2, 0.25) is 0 Å². The van der Waals surface area contributed by atoms with Crippen molar-refractivity contribution in [1.29, 1.82) is 0 Å². The SMILES string of the molecule is CSc1ccccc1NC(=O)CSc1nnc(-c2ccc(C(C)(C)C)cc2)n1Cc1ccco1. The number of hydrogen-bond acceptors (Lipinski definition) is 6. The molecular formula is C26H28N4O2S2. The smallest absolute Gasteiger partial charge is 0.234 e. The number of rotatable bonds is 8. The van der Waals surface area contributed by atoms with E-state index in [2.05, 4.69) is 60.6 Å². The first kappa shape index (κ1) is 24.2. The van der Waals surface area contributed by atoms with Crippen molar-refractivity contribution in [3.05, 3.63) is 78.3 Å². The summed E-state index contributed by atoms with van der Waals surface area (Å²) in [5.41, 5.74) is 3.11. The number of para-hydroxylation sites is 1. The predicted molar refractivity (Wildman–Crippen MR) is 140 cm³/mol. The molecule has 0 saturated carbocycles. The number of aromatic nitrogens is 3. The molecule has 0 radical (unpaired) electrons. The molecule has 0 unspecified atom stereocenters. The molecule has 176 valence electrons. The lowest BCUT2D eigenvalue weighted by atomic mass is 9.87.